The molecule has 1 aromatic carbocycles. The van der Waals surface area contributed by atoms with Crippen molar-refractivity contribution >= 4 is 11.7 Å². The topological polar surface area (TPSA) is 88.4 Å². The van der Waals surface area contributed by atoms with Crippen molar-refractivity contribution in [2.45, 2.75) is 26.2 Å². The number of amides is 1. The van der Waals surface area contributed by atoms with Gasteiger partial charge in [-0.2, -0.15) is 0 Å². The van der Waals surface area contributed by atoms with Gasteiger partial charge in [0, 0.05) is 29.9 Å². The molecule has 130 valence electrons. The Hall–Kier alpha value is -2.73. The number of fused-ring (bicyclic) bond motifs is 1. The number of aliphatic hydroxyl groups excluding tert-OH is 1. The van der Waals surface area contributed by atoms with Gasteiger partial charge < -0.3 is 10.4 Å². The van der Waals surface area contributed by atoms with Crippen molar-refractivity contribution < 1.29 is 14.7 Å². The molecule has 0 saturated heterocycles. The van der Waals surface area contributed by atoms with Crippen molar-refractivity contribution in [1.29, 1.82) is 0 Å². The van der Waals surface area contributed by atoms with Gasteiger partial charge in [0.05, 0.1) is 6.61 Å². The van der Waals surface area contributed by atoms with Crippen LogP contribution in [-0.4, -0.2) is 34.5 Å². The second-order valence-electron chi connectivity index (χ2n) is 6.15. The number of hydrogen-bond donors (Lipinski definition) is 2. The van der Waals surface area contributed by atoms with Crippen molar-refractivity contribution in [2.24, 2.45) is 0 Å². The van der Waals surface area contributed by atoms with E-state index in [4.69, 9.17) is 5.11 Å². The Morgan fingerprint density at radius 3 is 2.60 bits per heavy atom. The molecular formula is C19H20N2O4. The Bertz CT molecular complexity index is 882. The first-order valence-electron chi connectivity index (χ1n) is 8.31. The van der Waals surface area contributed by atoms with Crippen LogP contribution >= 0.6 is 0 Å². The highest BCUT2D eigenvalue weighted by atomic mass is 16.3. The van der Waals surface area contributed by atoms with Gasteiger partial charge in [-0.25, -0.2) is 0 Å². The number of rotatable bonds is 4. The second-order valence-corrected chi connectivity index (χ2v) is 6.15. The van der Waals surface area contributed by atoms with Gasteiger partial charge in [-0.05, 0) is 38.0 Å². The van der Waals surface area contributed by atoms with Gasteiger partial charge in [0.15, 0.2) is 5.78 Å². The highest BCUT2D eigenvalue weighted by Crippen LogP contribution is 2.23. The van der Waals surface area contributed by atoms with Crippen LogP contribution in [0.3, 0.4) is 0 Å². The average molecular weight is 340 g/mol. The summed E-state index contributed by atoms with van der Waals surface area (Å²) in [7, 11) is 0. The fraction of sp³-hybridized carbons (Fsp3) is 0.316. The maximum Gasteiger partial charge on any atom is 0.268 e. The van der Waals surface area contributed by atoms with E-state index < -0.39 is 11.5 Å². The highest BCUT2D eigenvalue weighted by molar-refractivity contribution is 6.01. The Kier molecular flexibility index (Phi) is 4.81. The predicted octanol–water partition coefficient (Wildman–Crippen LogP) is 1.39. The van der Waals surface area contributed by atoms with E-state index in [1.165, 1.54) is 10.6 Å². The first kappa shape index (κ1) is 17.1. The third kappa shape index (κ3) is 3.25. The lowest BCUT2D eigenvalue weighted by Gasteiger charge is -2.21. The number of carbonyl (C=O) groups is 2. The molecule has 0 bridgehead atoms. The van der Waals surface area contributed by atoms with Gasteiger partial charge in [0.1, 0.15) is 5.56 Å². The summed E-state index contributed by atoms with van der Waals surface area (Å²) < 4.78 is 1.47. The quantitative estimate of drug-likeness (QED) is 0.880. The molecule has 1 aliphatic rings. The molecule has 6 nitrogen and oxygen atoms in total. The molecule has 0 fully saturated rings. The first-order chi connectivity index (χ1) is 12.0. The molecule has 0 spiro atoms. The molecule has 1 amide bonds. The summed E-state index contributed by atoms with van der Waals surface area (Å²) in [6.45, 7) is 1.78. The van der Waals surface area contributed by atoms with Crippen molar-refractivity contribution in [3.8, 4) is 5.69 Å². The van der Waals surface area contributed by atoms with Crippen LogP contribution in [0.5, 0.6) is 0 Å². The number of aromatic nitrogens is 1. The van der Waals surface area contributed by atoms with Gasteiger partial charge in [0.2, 0.25) is 0 Å². The minimum Gasteiger partial charge on any atom is -0.395 e. The van der Waals surface area contributed by atoms with Crippen LogP contribution in [0.15, 0.2) is 35.1 Å². The van der Waals surface area contributed by atoms with E-state index >= 15 is 0 Å². The molecule has 0 radical (unpaired) electrons. The maximum atomic E-state index is 13.0. The standard InChI is InChI=1S/C19H20N2O4/c1-12-5-7-13(8-6-12)21-16-3-2-4-17(23)14(16)11-15(19(21)25)18(24)20-9-10-22/h5-8,11,22H,2-4,9-10H2,1H3,(H,20,24). The van der Waals surface area contributed by atoms with E-state index in [-0.39, 0.29) is 24.5 Å². The fourth-order valence-electron chi connectivity index (χ4n) is 3.09. The van der Waals surface area contributed by atoms with Crippen LogP contribution in [-0.2, 0) is 6.42 Å². The summed E-state index contributed by atoms with van der Waals surface area (Å²) in [4.78, 5) is 37.6. The number of Topliss-reactive ketones (excluding diaryl/α,β-unsaturated/α-hetero) is 1. The summed E-state index contributed by atoms with van der Waals surface area (Å²) >= 11 is 0. The second kappa shape index (κ2) is 7.03. The number of nitrogens with one attached hydrogen (secondary N) is 1. The Morgan fingerprint density at radius 1 is 1.20 bits per heavy atom. The fourth-order valence-corrected chi connectivity index (χ4v) is 3.09. The first-order valence-corrected chi connectivity index (χ1v) is 8.31. The number of benzene rings is 1. The number of carbonyl (C=O) groups excluding carboxylic acids is 2. The van der Waals surface area contributed by atoms with Crippen LogP contribution in [0.1, 0.15) is 44.8 Å². The van der Waals surface area contributed by atoms with Gasteiger partial charge in [-0.15, -0.1) is 0 Å². The molecule has 1 aliphatic carbocycles. The summed E-state index contributed by atoms with van der Waals surface area (Å²) in [6.07, 6.45) is 1.71. The number of nitrogens with zero attached hydrogens (tertiary/aromatic N) is 1. The van der Waals surface area contributed by atoms with E-state index in [1.54, 1.807) is 0 Å². The lowest BCUT2D eigenvalue weighted by Crippen LogP contribution is -2.36. The minimum absolute atomic E-state index is 0.0494. The molecule has 0 saturated carbocycles. The summed E-state index contributed by atoms with van der Waals surface area (Å²) in [5, 5.41) is 11.4. The normalized spacial score (nSPS) is 13.4. The summed E-state index contributed by atoms with van der Waals surface area (Å²) in [6, 6.07) is 8.79. The summed E-state index contributed by atoms with van der Waals surface area (Å²) in [5.74, 6) is -0.639. The molecule has 0 atom stereocenters. The molecular weight excluding hydrogens is 320 g/mol. The Labute approximate surface area is 145 Å². The van der Waals surface area contributed by atoms with Gasteiger partial charge in [-0.1, -0.05) is 17.7 Å². The van der Waals surface area contributed by atoms with Crippen molar-refractivity contribution in [3.63, 3.8) is 0 Å². The van der Waals surface area contributed by atoms with Crippen LogP contribution in [0.4, 0.5) is 0 Å². The van der Waals surface area contributed by atoms with Gasteiger partial charge >= 0.3 is 0 Å². The van der Waals surface area contributed by atoms with E-state index in [1.807, 2.05) is 31.2 Å². The van der Waals surface area contributed by atoms with Crippen molar-refractivity contribution in [3.05, 3.63) is 63.1 Å². The molecule has 0 unspecified atom stereocenters. The lowest BCUT2D eigenvalue weighted by molar-refractivity contribution is 0.0943. The molecule has 2 N–H and O–H groups in total. The number of aryl methyl sites for hydroxylation is 1. The SMILES string of the molecule is Cc1ccc(-n2c3c(cc(C(=O)NCCO)c2=O)C(=O)CCC3)cc1. The Balaban J connectivity index is 2.23. The number of hydrogen-bond acceptors (Lipinski definition) is 4. The van der Waals surface area contributed by atoms with Crippen molar-refractivity contribution in [1.82, 2.24) is 9.88 Å². The number of aliphatic hydroxyl groups is 1. The van der Waals surface area contributed by atoms with Crippen molar-refractivity contribution in [2.75, 3.05) is 13.2 Å². The molecule has 1 aromatic heterocycles. The molecule has 0 aliphatic heterocycles. The third-order valence-electron chi connectivity index (χ3n) is 4.35. The monoisotopic (exact) mass is 340 g/mol. The zero-order valence-electron chi connectivity index (χ0n) is 14.0. The average Bonchev–Trinajstić information content (AvgIpc) is 2.60. The largest absolute Gasteiger partial charge is 0.395 e. The van der Waals surface area contributed by atoms with Gasteiger partial charge in [-0.3, -0.25) is 19.0 Å². The summed E-state index contributed by atoms with van der Waals surface area (Å²) in [5.41, 5.74) is 2.25. The van der Waals surface area contributed by atoms with E-state index in [0.717, 1.165) is 5.56 Å². The predicted molar refractivity (Wildman–Crippen MR) is 93.5 cm³/mol. The van der Waals surface area contributed by atoms with Crippen LogP contribution in [0.25, 0.3) is 5.69 Å². The maximum absolute atomic E-state index is 13.0. The number of ketones is 1. The molecule has 2 aromatic rings. The van der Waals surface area contributed by atoms with Crippen LogP contribution in [0, 0.1) is 6.92 Å². The van der Waals surface area contributed by atoms with E-state index in [9.17, 15) is 14.4 Å². The molecule has 25 heavy (non-hydrogen) atoms. The van der Waals surface area contributed by atoms with Crippen LogP contribution in [0.2, 0.25) is 0 Å². The minimum atomic E-state index is -0.582. The Morgan fingerprint density at radius 2 is 1.92 bits per heavy atom. The van der Waals surface area contributed by atoms with Gasteiger partial charge in [0.25, 0.3) is 11.5 Å². The van der Waals surface area contributed by atoms with Crippen LogP contribution < -0.4 is 10.9 Å². The third-order valence-corrected chi connectivity index (χ3v) is 4.35. The van der Waals surface area contributed by atoms with E-state index in [0.29, 0.717) is 36.2 Å². The zero-order valence-corrected chi connectivity index (χ0v) is 14.0. The molecule has 1 heterocycles. The highest BCUT2D eigenvalue weighted by Gasteiger charge is 2.26. The molecule has 3 rings (SSSR count). The molecule has 6 heteroatoms. The number of pyridine rings is 1. The smallest absolute Gasteiger partial charge is 0.268 e. The van der Waals surface area contributed by atoms with E-state index in [2.05, 4.69) is 5.32 Å². The lowest BCUT2D eigenvalue weighted by atomic mass is 9.92. The zero-order chi connectivity index (χ0) is 18.0.